The highest BCUT2D eigenvalue weighted by Crippen LogP contribution is 2.38. The zero-order valence-electron chi connectivity index (χ0n) is 22.4. The lowest BCUT2D eigenvalue weighted by Crippen LogP contribution is -3.00. The number of quaternary nitrogens is 1. The van der Waals surface area contributed by atoms with Crippen molar-refractivity contribution in [2.24, 2.45) is 5.92 Å². The molecule has 9 heteroatoms. The molecule has 7 rings (SSSR count). The summed E-state index contributed by atoms with van der Waals surface area (Å²) in [6.45, 7) is 3.45. The minimum absolute atomic E-state index is 0. The summed E-state index contributed by atoms with van der Waals surface area (Å²) >= 11 is 0. The number of fused-ring (bicyclic) bond motifs is 3. The largest absolute Gasteiger partial charge is 1.00 e. The summed E-state index contributed by atoms with van der Waals surface area (Å²) in [5, 5.41) is 7.68. The molecule has 3 saturated heterocycles. The van der Waals surface area contributed by atoms with Gasteiger partial charge in [-0.1, -0.05) is 59.8 Å². The molecule has 0 radical (unpaired) electrons. The van der Waals surface area contributed by atoms with Crippen LogP contribution in [0.1, 0.15) is 30.3 Å². The number of carbonyl (C=O) groups excluding carboxylic acids is 1. The van der Waals surface area contributed by atoms with Crippen molar-refractivity contribution in [3.05, 3.63) is 96.3 Å². The number of para-hydroxylation sites is 1. The highest BCUT2D eigenvalue weighted by Gasteiger charge is 2.48. The van der Waals surface area contributed by atoms with Gasteiger partial charge in [0.1, 0.15) is 18.8 Å². The smallest absolute Gasteiger partial charge is 0.333 e. The summed E-state index contributed by atoms with van der Waals surface area (Å²) in [7, 11) is 1.64. The zero-order chi connectivity index (χ0) is 26.7. The van der Waals surface area contributed by atoms with Gasteiger partial charge in [-0.05, 0) is 35.9 Å². The van der Waals surface area contributed by atoms with Crippen LogP contribution in [0.2, 0.25) is 0 Å². The highest BCUT2D eigenvalue weighted by atomic mass is 35.5. The van der Waals surface area contributed by atoms with E-state index in [2.05, 4.69) is 10.5 Å². The number of nitrogens with zero attached hydrogens (tertiary/aromatic N) is 3. The van der Waals surface area contributed by atoms with Crippen molar-refractivity contribution in [2.45, 2.75) is 31.5 Å². The second-order valence-corrected chi connectivity index (χ2v) is 10.5. The first kappa shape index (κ1) is 27.7. The Hall–Kier alpha value is -3.88. The third-order valence-electron chi connectivity index (χ3n) is 8.02. The Morgan fingerprint density at radius 2 is 1.75 bits per heavy atom. The van der Waals surface area contributed by atoms with Gasteiger partial charge in [-0.3, -0.25) is 0 Å². The SMILES string of the molecule is COc1cccc(-c2nc(C[N+]34CCC(CC3)C(OC(=O)[C@H](Nc3ccccc3)c3ccccc3)C4)no2)c1.[Cl-]. The van der Waals surface area contributed by atoms with Crippen LogP contribution in [0, 0.1) is 5.92 Å². The quantitative estimate of drug-likeness (QED) is 0.248. The third kappa shape index (κ3) is 5.98. The van der Waals surface area contributed by atoms with E-state index >= 15 is 0 Å². The zero-order valence-corrected chi connectivity index (χ0v) is 23.2. The van der Waals surface area contributed by atoms with Crippen LogP contribution < -0.4 is 22.5 Å². The van der Waals surface area contributed by atoms with Gasteiger partial charge < -0.3 is 36.2 Å². The number of ether oxygens (including phenoxy) is 2. The van der Waals surface area contributed by atoms with E-state index < -0.39 is 6.04 Å². The molecule has 8 nitrogen and oxygen atoms in total. The van der Waals surface area contributed by atoms with Crippen molar-refractivity contribution in [1.29, 1.82) is 0 Å². The first-order valence-electron chi connectivity index (χ1n) is 13.5. The standard InChI is InChI=1S/C31H33N4O4.ClH/c1-37-26-14-8-11-24(19-26)30-33-28(34-39-30)21-35-17-15-22(16-18-35)27(20-35)38-31(36)29(23-9-4-2-5-10-23)32-25-12-6-3-7-13-25;/h2-14,19,22,27,29,32H,15-18,20-21H2,1H3;1H/q+1;/p-1/t22?,27?,29-,35?;/m1./s1. The Kier molecular flexibility index (Phi) is 8.38. The van der Waals surface area contributed by atoms with Gasteiger partial charge in [0.25, 0.3) is 5.89 Å². The van der Waals surface area contributed by atoms with Crippen LogP contribution in [0.15, 0.2) is 89.5 Å². The van der Waals surface area contributed by atoms with E-state index in [9.17, 15) is 4.79 Å². The topological polar surface area (TPSA) is 86.5 Å². The first-order chi connectivity index (χ1) is 19.1. The van der Waals surface area contributed by atoms with E-state index in [-0.39, 0.29) is 24.5 Å². The predicted octanol–water partition coefficient (Wildman–Crippen LogP) is 2.25. The van der Waals surface area contributed by atoms with Crippen molar-refractivity contribution >= 4 is 11.7 Å². The molecule has 1 unspecified atom stereocenters. The van der Waals surface area contributed by atoms with Gasteiger partial charge in [0.15, 0.2) is 12.1 Å². The molecule has 2 atom stereocenters. The molecule has 0 aliphatic carbocycles. The van der Waals surface area contributed by atoms with E-state index in [0.717, 1.165) is 59.5 Å². The minimum atomic E-state index is -0.583. The Morgan fingerprint density at radius 1 is 1.02 bits per heavy atom. The molecule has 0 spiro atoms. The molecule has 4 heterocycles. The number of hydrogen-bond acceptors (Lipinski definition) is 7. The fourth-order valence-electron chi connectivity index (χ4n) is 5.91. The van der Waals surface area contributed by atoms with Crippen LogP contribution >= 0.6 is 0 Å². The summed E-state index contributed by atoms with van der Waals surface area (Å²) in [5.41, 5.74) is 2.59. The summed E-state index contributed by atoms with van der Waals surface area (Å²) < 4.78 is 18.0. The number of methoxy groups -OCH3 is 1. The predicted molar refractivity (Wildman–Crippen MR) is 147 cm³/mol. The number of nitrogens with one attached hydrogen (secondary N) is 1. The van der Waals surface area contributed by atoms with Crippen molar-refractivity contribution in [3.8, 4) is 17.2 Å². The van der Waals surface area contributed by atoms with E-state index in [0.29, 0.717) is 24.2 Å². The number of rotatable bonds is 9. The lowest BCUT2D eigenvalue weighted by atomic mass is 9.83. The Balaban J connectivity index is 0.00000323. The van der Waals surface area contributed by atoms with E-state index in [1.54, 1.807) is 7.11 Å². The second kappa shape index (κ2) is 12.1. The van der Waals surface area contributed by atoms with E-state index in [4.69, 9.17) is 19.0 Å². The van der Waals surface area contributed by atoms with Gasteiger partial charge >= 0.3 is 5.97 Å². The van der Waals surface area contributed by atoms with E-state index in [1.807, 2.05) is 84.9 Å². The van der Waals surface area contributed by atoms with Crippen molar-refractivity contribution in [1.82, 2.24) is 10.1 Å². The fraction of sp³-hybridized carbons (Fsp3) is 0.323. The van der Waals surface area contributed by atoms with Crippen LogP contribution in [0.25, 0.3) is 11.5 Å². The van der Waals surface area contributed by atoms with Crippen LogP contribution in [0.3, 0.4) is 0 Å². The molecule has 2 bridgehead atoms. The molecule has 1 aromatic heterocycles. The van der Waals surface area contributed by atoms with Crippen molar-refractivity contribution in [3.63, 3.8) is 0 Å². The monoisotopic (exact) mass is 560 g/mol. The second-order valence-electron chi connectivity index (χ2n) is 10.5. The molecule has 4 aromatic rings. The Bertz CT molecular complexity index is 1410. The average molecular weight is 561 g/mol. The Labute approximate surface area is 240 Å². The summed E-state index contributed by atoms with van der Waals surface area (Å²) in [5.74, 6) is 2.02. The number of piperidine rings is 3. The third-order valence-corrected chi connectivity index (χ3v) is 8.02. The first-order valence-corrected chi connectivity index (χ1v) is 13.5. The molecular weight excluding hydrogens is 528 g/mol. The molecule has 208 valence electrons. The summed E-state index contributed by atoms with van der Waals surface area (Å²) in [4.78, 5) is 18.3. The van der Waals surface area contributed by atoms with Gasteiger partial charge in [0.2, 0.25) is 5.82 Å². The summed E-state index contributed by atoms with van der Waals surface area (Å²) in [6, 6.07) is 26.6. The fourth-order valence-corrected chi connectivity index (χ4v) is 5.91. The van der Waals surface area contributed by atoms with Gasteiger partial charge in [-0.15, -0.1) is 0 Å². The lowest BCUT2D eigenvalue weighted by molar-refractivity contribution is -0.958. The maximum Gasteiger partial charge on any atom is 0.333 e. The number of aromatic nitrogens is 2. The molecule has 1 N–H and O–H groups in total. The van der Waals surface area contributed by atoms with Gasteiger partial charge in [0, 0.05) is 30.0 Å². The molecule has 3 fully saturated rings. The molecule has 0 saturated carbocycles. The minimum Gasteiger partial charge on any atom is -1.00 e. The number of halogens is 1. The maximum atomic E-state index is 13.6. The summed E-state index contributed by atoms with van der Waals surface area (Å²) in [6.07, 6.45) is 1.88. The van der Waals surface area contributed by atoms with Gasteiger partial charge in [-0.25, -0.2) is 4.79 Å². The van der Waals surface area contributed by atoms with Gasteiger partial charge in [0.05, 0.1) is 20.2 Å². The number of hydrogen-bond donors (Lipinski definition) is 1. The Morgan fingerprint density at radius 3 is 2.48 bits per heavy atom. The molecule has 40 heavy (non-hydrogen) atoms. The maximum absolute atomic E-state index is 13.6. The molecular formula is C31H33ClN4O4. The normalized spacial score (nSPS) is 22.1. The van der Waals surface area contributed by atoms with Crippen LogP contribution in [0.4, 0.5) is 5.69 Å². The average Bonchev–Trinajstić information content (AvgIpc) is 3.45. The van der Waals surface area contributed by atoms with Gasteiger partial charge in [-0.2, -0.15) is 4.98 Å². The molecule has 3 aliphatic heterocycles. The lowest BCUT2D eigenvalue weighted by Gasteiger charge is -2.51. The van der Waals surface area contributed by atoms with Crippen LogP contribution in [0.5, 0.6) is 5.75 Å². The molecule has 0 amide bonds. The molecule has 3 aromatic carbocycles. The van der Waals surface area contributed by atoms with Crippen molar-refractivity contribution < 1.29 is 35.7 Å². The van der Waals surface area contributed by atoms with Crippen LogP contribution in [-0.2, 0) is 16.1 Å². The number of carbonyl (C=O) groups is 1. The number of anilines is 1. The van der Waals surface area contributed by atoms with E-state index in [1.165, 1.54) is 0 Å². The molecule has 3 aliphatic rings. The number of benzene rings is 3. The number of esters is 1. The van der Waals surface area contributed by atoms with Crippen molar-refractivity contribution in [2.75, 3.05) is 32.1 Å². The highest BCUT2D eigenvalue weighted by molar-refractivity contribution is 5.81. The van der Waals surface area contributed by atoms with Crippen LogP contribution in [-0.4, -0.2) is 53.4 Å².